The molecule has 0 radical (unpaired) electrons. The van der Waals surface area contributed by atoms with Crippen molar-refractivity contribution >= 4 is 23.1 Å². The fourth-order valence-corrected chi connectivity index (χ4v) is 4.34. The van der Waals surface area contributed by atoms with E-state index in [1.54, 1.807) is 6.20 Å². The standard InChI is InChI=1S/C23H21N3O/c1-16-15-18-8-3-5-11-21(18)26(16)23(27)19-9-6-13-24-22(19)25-14-12-17-7-2-4-10-20(17)25/h2-11,13,16H,12,14-15H2,1H3. The fourth-order valence-electron chi connectivity index (χ4n) is 4.34. The molecule has 4 nitrogen and oxygen atoms in total. The molecule has 0 fully saturated rings. The number of amides is 1. The molecular formula is C23H21N3O. The van der Waals surface area contributed by atoms with Gasteiger partial charge < -0.3 is 9.80 Å². The Morgan fingerprint density at radius 3 is 2.56 bits per heavy atom. The maximum Gasteiger partial charge on any atom is 0.262 e. The lowest BCUT2D eigenvalue weighted by Crippen LogP contribution is -2.36. The summed E-state index contributed by atoms with van der Waals surface area (Å²) in [6, 6.07) is 20.5. The second-order valence-corrected chi connectivity index (χ2v) is 7.26. The van der Waals surface area contributed by atoms with Crippen molar-refractivity contribution in [3.63, 3.8) is 0 Å². The minimum Gasteiger partial charge on any atom is -0.325 e. The maximum atomic E-state index is 13.6. The van der Waals surface area contributed by atoms with E-state index in [1.165, 1.54) is 11.1 Å². The minimum atomic E-state index is 0.0277. The number of benzene rings is 2. The summed E-state index contributed by atoms with van der Waals surface area (Å²) in [6.45, 7) is 2.96. The van der Waals surface area contributed by atoms with Gasteiger partial charge in [0, 0.05) is 30.2 Å². The highest BCUT2D eigenvalue weighted by Gasteiger charge is 2.34. The van der Waals surface area contributed by atoms with Crippen molar-refractivity contribution in [2.75, 3.05) is 16.3 Å². The smallest absolute Gasteiger partial charge is 0.262 e. The lowest BCUT2D eigenvalue weighted by molar-refractivity contribution is 0.0981. The van der Waals surface area contributed by atoms with Gasteiger partial charge in [-0.2, -0.15) is 0 Å². The first-order valence-corrected chi connectivity index (χ1v) is 9.46. The van der Waals surface area contributed by atoms with E-state index in [0.29, 0.717) is 5.56 Å². The summed E-state index contributed by atoms with van der Waals surface area (Å²) in [4.78, 5) is 22.3. The molecule has 0 bridgehead atoms. The summed E-state index contributed by atoms with van der Waals surface area (Å²) in [7, 11) is 0. The van der Waals surface area contributed by atoms with E-state index >= 15 is 0 Å². The van der Waals surface area contributed by atoms with Gasteiger partial charge in [-0.05, 0) is 55.2 Å². The van der Waals surface area contributed by atoms with E-state index in [0.717, 1.165) is 36.6 Å². The Hall–Kier alpha value is -3.14. The van der Waals surface area contributed by atoms with Gasteiger partial charge >= 0.3 is 0 Å². The summed E-state index contributed by atoms with van der Waals surface area (Å²) in [5, 5.41) is 0. The first kappa shape index (κ1) is 16.1. The van der Waals surface area contributed by atoms with Crippen LogP contribution >= 0.6 is 0 Å². The third-order valence-electron chi connectivity index (χ3n) is 5.59. The van der Waals surface area contributed by atoms with Crippen molar-refractivity contribution in [3.8, 4) is 0 Å². The lowest BCUT2D eigenvalue weighted by atomic mass is 10.1. The van der Waals surface area contributed by atoms with Gasteiger partial charge in [0.15, 0.2) is 0 Å². The van der Waals surface area contributed by atoms with Crippen LogP contribution in [-0.2, 0) is 12.8 Å². The van der Waals surface area contributed by atoms with Gasteiger partial charge in [-0.15, -0.1) is 0 Å². The molecule has 2 aromatic carbocycles. The van der Waals surface area contributed by atoms with Crippen molar-refractivity contribution in [2.24, 2.45) is 0 Å². The SMILES string of the molecule is CC1Cc2ccccc2N1C(=O)c1cccnc1N1CCc2ccccc21. The van der Waals surface area contributed by atoms with Gasteiger partial charge in [0.2, 0.25) is 0 Å². The molecule has 3 aromatic rings. The number of nitrogens with zero attached hydrogens (tertiary/aromatic N) is 3. The zero-order chi connectivity index (χ0) is 18.4. The number of pyridine rings is 1. The molecular weight excluding hydrogens is 334 g/mol. The fraction of sp³-hybridized carbons (Fsp3) is 0.217. The molecule has 1 atom stereocenters. The van der Waals surface area contributed by atoms with Crippen LogP contribution in [0.2, 0.25) is 0 Å². The van der Waals surface area contributed by atoms with E-state index in [1.807, 2.05) is 41.3 Å². The molecule has 2 aliphatic rings. The molecule has 0 N–H and O–H groups in total. The van der Waals surface area contributed by atoms with Gasteiger partial charge in [0.1, 0.15) is 5.82 Å². The quantitative estimate of drug-likeness (QED) is 0.685. The normalized spacial score (nSPS) is 17.7. The average Bonchev–Trinajstić information content (AvgIpc) is 3.27. The highest BCUT2D eigenvalue weighted by molar-refractivity contribution is 6.11. The number of carbonyl (C=O) groups excluding carboxylic acids is 1. The molecule has 0 saturated carbocycles. The average molecular weight is 355 g/mol. The highest BCUT2D eigenvalue weighted by Crippen LogP contribution is 2.38. The van der Waals surface area contributed by atoms with Crippen LogP contribution in [0.1, 0.15) is 28.4 Å². The van der Waals surface area contributed by atoms with Gasteiger partial charge in [0.05, 0.1) is 5.56 Å². The zero-order valence-electron chi connectivity index (χ0n) is 15.3. The third-order valence-corrected chi connectivity index (χ3v) is 5.59. The molecule has 0 saturated heterocycles. The first-order valence-electron chi connectivity index (χ1n) is 9.46. The van der Waals surface area contributed by atoms with Crippen LogP contribution in [0.5, 0.6) is 0 Å². The monoisotopic (exact) mass is 355 g/mol. The lowest BCUT2D eigenvalue weighted by Gasteiger charge is -2.26. The molecule has 3 heterocycles. The number of para-hydroxylation sites is 2. The topological polar surface area (TPSA) is 36.4 Å². The summed E-state index contributed by atoms with van der Waals surface area (Å²) < 4.78 is 0. The van der Waals surface area contributed by atoms with E-state index in [2.05, 4.69) is 41.1 Å². The van der Waals surface area contributed by atoms with Crippen molar-refractivity contribution < 1.29 is 4.79 Å². The minimum absolute atomic E-state index is 0.0277. The molecule has 5 rings (SSSR count). The van der Waals surface area contributed by atoms with Crippen molar-refractivity contribution in [3.05, 3.63) is 83.6 Å². The molecule has 4 heteroatoms. The van der Waals surface area contributed by atoms with Crippen LogP contribution in [0.3, 0.4) is 0 Å². The summed E-state index contributed by atoms with van der Waals surface area (Å²) in [5.41, 5.74) is 5.38. The van der Waals surface area contributed by atoms with Crippen LogP contribution in [0.4, 0.5) is 17.2 Å². The third kappa shape index (κ3) is 2.52. The van der Waals surface area contributed by atoms with Gasteiger partial charge in [-0.1, -0.05) is 36.4 Å². The number of carbonyl (C=O) groups is 1. The number of fused-ring (bicyclic) bond motifs is 2. The number of anilines is 3. The Bertz CT molecular complexity index is 1030. The van der Waals surface area contributed by atoms with Crippen LogP contribution in [0.25, 0.3) is 0 Å². The van der Waals surface area contributed by atoms with Gasteiger partial charge in [-0.3, -0.25) is 4.79 Å². The number of hydrogen-bond acceptors (Lipinski definition) is 3. The largest absolute Gasteiger partial charge is 0.325 e. The van der Waals surface area contributed by atoms with Gasteiger partial charge in [-0.25, -0.2) is 4.98 Å². The van der Waals surface area contributed by atoms with E-state index in [4.69, 9.17) is 0 Å². The van der Waals surface area contributed by atoms with E-state index in [9.17, 15) is 4.79 Å². The van der Waals surface area contributed by atoms with Crippen molar-refractivity contribution in [2.45, 2.75) is 25.8 Å². The molecule has 134 valence electrons. The molecule has 1 aromatic heterocycles. The van der Waals surface area contributed by atoms with Crippen LogP contribution in [-0.4, -0.2) is 23.5 Å². The molecule has 1 unspecified atom stereocenters. The second-order valence-electron chi connectivity index (χ2n) is 7.26. The van der Waals surface area contributed by atoms with Crippen LogP contribution in [0, 0.1) is 0 Å². The van der Waals surface area contributed by atoms with Crippen molar-refractivity contribution in [1.82, 2.24) is 4.98 Å². The zero-order valence-corrected chi connectivity index (χ0v) is 15.3. The summed E-state index contributed by atoms with van der Waals surface area (Å²) in [6.07, 6.45) is 3.64. The Balaban J connectivity index is 1.57. The molecule has 0 spiro atoms. The Morgan fingerprint density at radius 1 is 0.963 bits per heavy atom. The van der Waals surface area contributed by atoms with Crippen LogP contribution in [0.15, 0.2) is 66.9 Å². The second kappa shape index (κ2) is 6.23. The predicted octanol–water partition coefficient (Wildman–Crippen LogP) is 4.37. The highest BCUT2D eigenvalue weighted by atomic mass is 16.2. The Kier molecular flexibility index (Phi) is 3.71. The number of aromatic nitrogens is 1. The Morgan fingerprint density at radius 2 is 1.70 bits per heavy atom. The van der Waals surface area contributed by atoms with Crippen LogP contribution < -0.4 is 9.80 Å². The van der Waals surface area contributed by atoms with E-state index < -0.39 is 0 Å². The molecule has 1 amide bonds. The molecule has 2 aliphatic heterocycles. The summed E-state index contributed by atoms with van der Waals surface area (Å²) in [5.74, 6) is 0.781. The molecule has 27 heavy (non-hydrogen) atoms. The predicted molar refractivity (Wildman–Crippen MR) is 108 cm³/mol. The number of hydrogen-bond donors (Lipinski definition) is 0. The Labute approximate surface area is 159 Å². The van der Waals surface area contributed by atoms with Gasteiger partial charge in [0.25, 0.3) is 5.91 Å². The number of rotatable bonds is 2. The molecule has 0 aliphatic carbocycles. The van der Waals surface area contributed by atoms with Crippen molar-refractivity contribution in [1.29, 1.82) is 0 Å². The van der Waals surface area contributed by atoms with E-state index in [-0.39, 0.29) is 11.9 Å². The summed E-state index contributed by atoms with van der Waals surface area (Å²) >= 11 is 0. The first-order chi connectivity index (χ1) is 13.2. The maximum absolute atomic E-state index is 13.6.